The highest BCUT2D eigenvalue weighted by molar-refractivity contribution is 5.69. The van der Waals surface area contributed by atoms with Crippen LogP contribution < -0.4 is 0 Å². The van der Waals surface area contributed by atoms with Gasteiger partial charge in [0.15, 0.2) is 0 Å². The summed E-state index contributed by atoms with van der Waals surface area (Å²) in [5, 5.41) is 0. The molecule has 104 valence electrons. The maximum atomic E-state index is 12.6. The average Bonchev–Trinajstić information content (AvgIpc) is 2.45. The highest BCUT2D eigenvalue weighted by atomic mass is 19.4. The Hall–Kier alpha value is -2.03. The Kier molecular flexibility index (Phi) is 4.28. The Bertz CT molecular complexity index is 592. The van der Waals surface area contributed by atoms with E-state index in [2.05, 4.69) is 6.92 Å². The molecule has 2 rings (SSSR count). The highest BCUT2D eigenvalue weighted by Gasteiger charge is 2.30. The molecule has 0 aliphatic rings. The summed E-state index contributed by atoms with van der Waals surface area (Å²) in [5.41, 5.74) is 2.13. The minimum atomic E-state index is -4.30. The topological polar surface area (TPSA) is 0 Å². The van der Waals surface area contributed by atoms with E-state index in [4.69, 9.17) is 0 Å². The van der Waals surface area contributed by atoms with E-state index in [1.54, 1.807) is 12.1 Å². The van der Waals surface area contributed by atoms with Crippen molar-refractivity contribution in [3.63, 3.8) is 0 Å². The van der Waals surface area contributed by atoms with Gasteiger partial charge in [-0.2, -0.15) is 13.2 Å². The second kappa shape index (κ2) is 5.95. The lowest BCUT2D eigenvalue weighted by Gasteiger charge is -2.06. The monoisotopic (exact) mass is 276 g/mol. The number of hydrogen-bond acceptors (Lipinski definition) is 0. The van der Waals surface area contributed by atoms with Gasteiger partial charge < -0.3 is 0 Å². The van der Waals surface area contributed by atoms with Gasteiger partial charge in [0.05, 0.1) is 5.56 Å². The van der Waals surface area contributed by atoms with Gasteiger partial charge in [0.1, 0.15) is 0 Å². The van der Waals surface area contributed by atoms with Crippen LogP contribution in [0.25, 0.3) is 12.2 Å². The van der Waals surface area contributed by atoms with Crippen LogP contribution in [0.3, 0.4) is 0 Å². The summed E-state index contributed by atoms with van der Waals surface area (Å²) in [4.78, 5) is 0. The van der Waals surface area contributed by atoms with Gasteiger partial charge >= 0.3 is 6.18 Å². The Morgan fingerprint density at radius 1 is 0.900 bits per heavy atom. The van der Waals surface area contributed by atoms with E-state index in [-0.39, 0.29) is 0 Å². The van der Waals surface area contributed by atoms with Gasteiger partial charge in [0, 0.05) is 0 Å². The molecule has 2 aromatic carbocycles. The van der Waals surface area contributed by atoms with Crippen molar-refractivity contribution in [2.24, 2.45) is 0 Å². The number of hydrogen-bond donors (Lipinski definition) is 0. The van der Waals surface area contributed by atoms with Gasteiger partial charge in [-0.25, -0.2) is 0 Å². The van der Waals surface area contributed by atoms with Gasteiger partial charge in [-0.05, 0) is 35.2 Å². The summed E-state index contributed by atoms with van der Waals surface area (Å²) < 4.78 is 37.8. The molecule has 0 amide bonds. The smallest absolute Gasteiger partial charge is 0.166 e. The summed E-state index contributed by atoms with van der Waals surface area (Å²) >= 11 is 0. The van der Waals surface area contributed by atoms with Crippen molar-refractivity contribution in [3.8, 4) is 0 Å². The zero-order valence-electron chi connectivity index (χ0n) is 11.1. The average molecular weight is 276 g/mol. The van der Waals surface area contributed by atoms with Crippen molar-refractivity contribution < 1.29 is 13.2 Å². The van der Waals surface area contributed by atoms with E-state index in [9.17, 15) is 13.2 Å². The first-order valence-electron chi connectivity index (χ1n) is 6.43. The molecule has 0 aliphatic carbocycles. The van der Waals surface area contributed by atoms with Gasteiger partial charge in [-0.1, -0.05) is 55.5 Å². The van der Waals surface area contributed by atoms with Crippen LogP contribution in [0.15, 0.2) is 48.5 Å². The van der Waals surface area contributed by atoms with E-state index in [0.29, 0.717) is 5.56 Å². The zero-order valence-corrected chi connectivity index (χ0v) is 11.1. The lowest BCUT2D eigenvalue weighted by atomic mass is 10.1. The zero-order chi connectivity index (χ0) is 14.6. The van der Waals surface area contributed by atoms with Gasteiger partial charge in [-0.15, -0.1) is 0 Å². The fourth-order valence-electron chi connectivity index (χ4n) is 1.88. The molecule has 0 saturated heterocycles. The van der Waals surface area contributed by atoms with Crippen molar-refractivity contribution in [1.29, 1.82) is 0 Å². The largest absolute Gasteiger partial charge is 0.416 e. The van der Waals surface area contributed by atoms with Crippen LogP contribution >= 0.6 is 0 Å². The number of rotatable bonds is 3. The second-order valence-electron chi connectivity index (χ2n) is 4.55. The lowest BCUT2D eigenvalue weighted by Crippen LogP contribution is -2.04. The van der Waals surface area contributed by atoms with Crippen LogP contribution in [0.4, 0.5) is 13.2 Å². The fraction of sp³-hybridized carbons (Fsp3) is 0.176. The molecule has 0 bridgehead atoms. The quantitative estimate of drug-likeness (QED) is 0.655. The molecule has 20 heavy (non-hydrogen) atoms. The Morgan fingerprint density at radius 2 is 1.55 bits per heavy atom. The molecule has 0 spiro atoms. The second-order valence-corrected chi connectivity index (χ2v) is 4.55. The first-order chi connectivity index (χ1) is 9.49. The molecule has 0 nitrogen and oxygen atoms in total. The molecule has 0 unspecified atom stereocenters. The number of aryl methyl sites for hydroxylation is 1. The number of alkyl halides is 3. The third-order valence-electron chi connectivity index (χ3n) is 3.07. The fourth-order valence-corrected chi connectivity index (χ4v) is 1.88. The van der Waals surface area contributed by atoms with Crippen LogP contribution in [0.1, 0.15) is 29.2 Å². The third kappa shape index (κ3) is 3.73. The molecule has 0 fully saturated rings. The van der Waals surface area contributed by atoms with E-state index >= 15 is 0 Å². The Morgan fingerprint density at radius 3 is 2.15 bits per heavy atom. The predicted octanol–water partition coefficient (Wildman–Crippen LogP) is 5.44. The Balaban J connectivity index is 2.18. The summed E-state index contributed by atoms with van der Waals surface area (Å²) in [6, 6.07) is 13.3. The standard InChI is InChI=1S/C17H15F3/c1-2-13-6-8-14(9-7-13)10-11-15-4-3-5-16(12-15)17(18,19)20/h3-12H,2H2,1H3/b11-10+. The third-order valence-corrected chi connectivity index (χ3v) is 3.07. The van der Waals surface area contributed by atoms with Crippen molar-refractivity contribution in [3.05, 3.63) is 70.8 Å². The summed E-state index contributed by atoms with van der Waals surface area (Å²) in [6.07, 6.45) is 0.176. The summed E-state index contributed by atoms with van der Waals surface area (Å²) in [5.74, 6) is 0. The number of benzene rings is 2. The summed E-state index contributed by atoms with van der Waals surface area (Å²) in [6.45, 7) is 2.08. The van der Waals surface area contributed by atoms with Gasteiger partial charge in [0.2, 0.25) is 0 Å². The SMILES string of the molecule is CCc1ccc(/C=C/c2cccc(C(F)(F)F)c2)cc1. The minimum Gasteiger partial charge on any atom is -0.166 e. The minimum absolute atomic E-state index is 0.541. The van der Waals surface area contributed by atoms with E-state index in [0.717, 1.165) is 24.1 Å². The Labute approximate surface area is 116 Å². The maximum absolute atomic E-state index is 12.6. The van der Waals surface area contributed by atoms with Gasteiger partial charge in [-0.3, -0.25) is 0 Å². The number of halogens is 3. The van der Waals surface area contributed by atoms with Crippen LogP contribution in [-0.4, -0.2) is 0 Å². The first kappa shape index (κ1) is 14.4. The molecule has 0 radical (unpaired) electrons. The molecule has 0 heterocycles. The van der Waals surface area contributed by atoms with Crippen LogP contribution in [-0.2, 0) is 12.6 Å². The molecule has 0 aromatic heterocycles. The predicted molar refractivity (Wildman–Crippen MR) is 76.2 cm³/mol. The van der Waals surface area contributed by atoms with Crippen molar-refractivity contribution in [1.82, 2.24) is 0 Å². The van der Waals surface area contributed by atoms with Crippen LogP contribution in [0, 0.1) is 0 Å². The molecule has 0 atom stereocenters. The summed E-state index contributed by atoms with van der Waals surface area (Å²) in [7, 11) is 0. The van der Waals surface area contributed by atoms with E-state index in [1.165, 1.54) is 11.6 Å². The maximum Gasteiger partial charge on any atom is 0.416 e. The van der Waals surface area contributed by atoms with Gasteiger partial charge in [0.25, 0.3) is 0 Å². The molecule has 0 N–H and O–H groups in total. The van der Waals surface area contributed by atoms with Crippen LogP contribution in [0.2, 0.25) is 0 Å². The molecular formula is C17H15F3. The normalized spacial score (nSPS) is 12.0. The molecular weight excluding hydrogens is 261 g/mol. The molecule has 3 heteroatoms. The van der Waals surface area contributed by atoms with Crippen molar-refractivity contribution in [2.45, 2.75) is 19.5 Å². The first-order valence-corrected chi connectivity index (χ1v) is 6.43. The molecule has 0 saturated carbocycles. The van der Waals surface area contributed by atoms with Crippen molar-refractivity contribution in [2.75, 3.05) is 0 Å². The van der Waals surface area contributed by atoms with E-state index < -0.39 is 11.7 Å². The molecule has 0 aliphatic heterocycles. The lowest BCUT2D eigenvalue weighted by molar-refractivity contribution is -0.137. The van der Waals surface area contributed by atoms with Crippen LogP contribution in [0.5, 0.6) is 0 Å². The highest BCUT2D eigenvalue weighted by Crippen LogP contribution is 2.29. The molecule has 2 aromatic rings. The van der Waals surface area contributed by atoms with E-state index in [1.807, 2.05) is 30.3 Å². The van der Waals surface area contributed by atoms with Crippen molar-refractivity contribution >= 4 is 12.2 Å².